The Kier molecular flexibility index (Phi) is 4.77. The number of carboxylic acid groups (broad SMARTS) is 1. The maximum atomic E-state index is 13.8. The number of rotatable bonds is 6. The molecule has 0 radical (unpaired) electrons. The zero-order chi connectivity index (χ0) is 15.5. The van der Waals surface area contributed by atoms with Gasteiger partial charge in [0.2, 0.25) is 5.82 Å². The van der Waals surface area contributed by atoms with E-state index in [2.05, 4.69) is 0 Å². The minimum Gasteiger partial charge on any atom is -0.481 e. The van der Waals surface area contributed by atoms with E-state index in [-0.39, 0.29) is 5.56 Å². The Morgan fingerprint density at radius 3 is 2.60 bits per heavy atom. The third-order valence-corrected chi connectivity index (χ3v) is 4.79. The summed E-state index contributed by atoms with van der Waals surface area (Å²) in [5.41, 5.74) is -1.17. The molecule has 0 fully saturated rings. The molecule has 1 unspecified atom stereocenters. The minimum absolute atomic E-state index is 0.351. The van der Waals surface area contributed by atoms with E-state index in [1.807, 2.05) is 0 Å². The highest BCUT2D eigenvalue weighted by Crippen LogP contribution is 2.23. The van der Waals surface area contributed by atoms with Crippen LogP contribution < -0.4 is 0 Å². The van der Waals surface area contributed by atoms with Crippen molar-refractivity contribution in [2.24, 2.45) is 0 Å². The van der Waals surface area contributed by atoms with Crippen molar-refractivity contribution in [3.63, 3.8) is 0 Å². The molecule has 110 valence electrons. The molecule has 0 aliphatic heterocycles. The van der Waals surface area contributed by atoms with Gasteiger partial charge in [-0.05, 0) is 6.92 Å². The van der Waals surface area contributed by atoms with Crippen LogP contribution >= 0.6 is 0 Å². The van der Waals surface area contributed by atoms with Crippen LogP contribution in [0.3, 0.4) is 0 Å². The summed E-state index contributed by atoms with van der Waals surface area (Å²) < 4.78 is 37.5. The molecule has 1 rings (SSSR count). The summed E-state index contributed by atoms with van der Waals surface area (Å²) in [5, 5.41) is 17.9. The van der Waals surface area contributed by atoms with Crippen LogP contribution in [0.15, 0.2) is 18.2 Å². The number of carbonyl (C=O) groups is 1. The van der Waals surface area contributed by atoms with Crippen LogP contribution in [0.4, 0.5) is 10.1 Å². The van der Waals surface area contributed by atoms with Crippen LogP contribution in [-0.4, -0.2) is 29.7 Å². The number of hydrogen-bond donors (Lipinski definition) is 1. The highest BCUT2D eigenvalue weighted by Gasteiger charge is 2.27. The molecular weight excluding hydrogens is 293 g/mol. The normalized spacial score (nSPS) is 12.9. The van der Waals surface area contributed by atoms with Gasteiger partial charge in [0.25, 0.3) is 0 Å². The van der Waals surface area contributed by atoms with Gasteiger partial charge in [0.15, 0.2) is 9.84 Å². The maximum Gasteiger partial charge on any atom is 0.305 e. The molecule has 0 saturated carbocycles. The van der Waals surface area contributed by atoms with E-state index < -0.39 is 49.7 Å². The fraction of sp³-hybridized carbons (Fsp3) is 0.364. The van der Waals surface area contributed by atoms with Crippen LogP contribution in [0.2, 0.25) is 0 Å². The van der Waals surface area contributed by atoms with Gasteiger partial charge < -0.3 is 5.11 Å². The first-order chi connectivity index (χ1) is 9.15. The van der Waals surface area contributed by atoms with Gasteiger partial charge in [-0.2, -0.15) is 4.39 Å². The third-order valence-electron chi connectivity index (χ3n) is 2.69. The van der Waals surface area contributed by atoms with E-state index in [0.29, 0.717) is 0 Å². The Morgan fingerprint density at radius 2 is 2.10 bits per heavy atom. The molecule has 0 aliphatic carbocycles. The van der Waals surface area contributed by atoms with Gasteiger partial charge >= 0.3 is 11.7 Å². The van der Waals surface area contributed by atoms with Gasteiger partial charge in [-0.15, -0.1) is 0 Å². The number of nitro groups is 1. The summed E-state index contributed by atoms with van der Waals surface area (Å²) in [5.74, 6) is -3.29. The number of benzene rings is 1. The zero-order valence-electron chi connectivity index (χ0n) is 10.4. The monoisotopic (exact) mass is 305 g/mol. The van der Waals surface area contributed by atoms with Gasteiger partial charge in [-0.1, -0.05) is 12.1 Å². The number of nitro benzene ring substituents is 1. The van der Waals surface area contributed by atoms with Crippen LogP contribution in [0.5, 0.6) is 0 Å². The molecule has 0 amide bonds. The lowest BCUT2D eigenvalue weighted by Gasteiger charge is -2.11. The SMILES string of the molecule is CC(CC(=O)O)S(=O)(=O)Cc1cccc([N+](=O)[O-])c1F. The van der Waals surface area contributed by atoms with Gasteiger partial charge in [0.05, 0.1) is 22.3 Å². The van der Waals surface area contributed by atoms with E-state index in [4.69, 9.17) is 5.11 Å². The summed E-state index contributed by atoms with van der Waals surface area (Å²) in [6.45, 7) is 1.19. The molecular formula is C11H12FNO6S. The number of hydrogen-bond acceptors (Lipinski definition) is 5. The fourth-order valence-electron chi connectivity index (χ4n) is 1.55. The van der Waals surface area contributed by atoms with Crippen molar-refractivity contribution in [3.8, 4) is 0 Å². The van der Waals surface area contributed by atoms with Crippen molar-refractivity contribution in [1.82, 2.24) is 0 Å². The van der Waals surface area contributed by atoms with E-state index in [0.717, 1.165) is 12.1 Å². The van der Waals surface area contributed by atoms with Crippen LogP contribution in [0.25, 0.3) is 0 Å². The van der Waals surface area contributed by atoms with E-state index in [1.54, 1.807) is 0 Å². The van der Waals surface area contributed by atoms with Crippen molar-refractivity contribution in [3.05, 3.63) is 39.7 Å². The van der Waals surface area contributed by atoms with E-state index in [1.165, 1.54) is 13.0 Å². The summed E-state index contributed by atoms with van der Waals surface area (Å²) >= 11 is 0. The summed E-state index contributed by atoms with van der Waals surface area (Å²) in [7, 11) is -3.92. The molecule has 20 heavy (non-hydrogen) atoms. The molecule has 1 N–H and O–H groups in total. The van der Waals surface area contributed by atoms with Gasteiger partial charge in [0.1, 0.15) is 0 Å². The van der Waals surface area contributed by atoms with Crippen molar-refractivity contribution in [1.29, 1.82) is 0 Å². The lowest BCUT2D eigenvalue weighted by molar-refractivity contribution is -0.387. The lowest BCUT2D eigenvalue weighted by atomic mass is 10.2. The number of nitrogens with zero attached hydrogens (tertiary/aromatic N) is 1. The van der Waals surface area contributed by atoms with Crippen molar-refractivity contribution < 1.29 is 27.6 Å². The second-order valence-electron chi connectivity index (χ2n) is 4.22. The molecule has 0 spiro atoms. The highest BCUT2D eigenvalue weighted by molar-refractivity contribution is 7.91. The maximum absolute atomic E-state index is 13.8. The Morgan fingerprint density at radius 1 is 1.50 bits per heavy atom. The molecule has 9 heteroatoms. The predicted molar refractivity (Wildman–Crippen MR) is 67.4 cm³/mol. The second kappa shape index (κ2) is 5.95. The van der Waals surface area contributed by atoms with Crippen LogP contribution in [-0.2, 0) is 20.4 Å². The van der Waals surface area contributed by atoms with Crippen molar-refractivity contribution >= 4 is 21.5 Å². The molecule has 0 aromatic heterocycles. The average Bonchev–Trinajstić information content (AvgIpc) is 2.30. The third kappa shape index (κ3) is 3.73. The summed E-state index contributed by atoms with van der Waals surface area (Å²) in [6.07, 6.45) is -0.612. The average molecular weight is 305 g/mol. The number of aliphatic carboxylic acids is 1. The summed E-state index contributed by atoms with van der Waals surface area (Å²) in [4.78, 5) is 20.1. The zero-order valence-corrected chi connectivity index (χ0v) is 11.3. The largest absolute Gasteiger partial charge is 0.481 e. The van der Waals surface area contributed by atoms with Crippen LogP contribution in [0.1, 0.15) is 18.9 Å². The number of carboxylic acids is 1. The minimum atomic E-state index is -3.92. The predicted octanol–water partition coefficient (Wildman–Crippen LogP) is 1.51. The quantitative estimate of drug-likeness (QED) is 0.629. The van der Waals surface area contributed by atoms with Crippen molar-refractivity contribution in [2.75, 3.05) is 0 Å². The molecule has 0 bridgehead atoms. The molecule has 0 saturated heterocycles. The molecule has 1 aromatic rings. The van der Waals surface area contributed by atoms with Gasteiger partial charge in [0, 0.05) is 11.6 Å². The van der Waals surface area contributed by atoms with Crippen molar-refractivity contribution in [2.45, 2.75) is 24.3 Å². The Bertz CT molecular complexity index is 642. The smallest absolute Gasteiger partial charge is 0.305 e. The molecule has 1 aromatic carbocycles. The van der Waals surface area contributed by atoms with Gasteiger partial charge in [-0.3, -0.25) is 14.9 Å². The molecule has 0 aliphatic rings. The highest BCUT2D eigenvalue weighted by atomic mass is 32.2. The molecule has 1 atom stereocenters. The standard InChI is InChI=1S/C11H12FNO6S/c1-7(5-10(14)15)20(18,19)6-8-3-2-4-9(11(8)12)13(16)17/h2-4,7H,5-6H2,1H3,(H,14,15). The first kappa shape index (κ1) is 16.0. The topological polar surface area (TPSA) is 115 Å². The molecule has 7 nitrogen and oxygen atoms in total. The lowest BCUT2D eigenvalue weighted by Crippen LogP contribution is -2.23. The Labute approximate surface area is 114 Å². The number of sulfone groups is 1. The number of halogens is 1. The second-order valence-corrected chi connectivity index (χ2v) is 6.64. The van der Waals surface area contributed by atoms with Gasteiger partial charge in [-0.25, -0.2) is 8.42 Å². The fourth-order valence-corrected chi connectivity index (χ4v) is 2.89. The molecule has 0 heterocycles. The Balaban J connectivity index is 3.07. The summed E-state index contributed by atoms with van der Waals surface area (Å²) in [6, 6.07) is 3.22. The van der Waals surface area contributed by atoms with E-state index in [9.17, 15) is 27.7 Å². The van der Waals surface area contributed by atoms with E-state index >= 15 is 0 Å². The first-order valence-electron chi connectivity index (χ1n) is 5.50. The Hall–Kier alpha value is -2.03. The first-order valence-corrected chi connectivity index (χ1v) is 7.22. The van der Waals surface area contributed by atoms with Crippen LogP contribution in [0, 0.1) is 15.9 Å².